The lowest BCUT2D eigenvalue weighted by Gasteiger charge is -2.41. The third kappa shape index (κ3) is 6.28. The molecule has 0 aliphatic carbocycles. The van der Waals surface area contributed by atoms with Crippen molar-refractivity contribution in [3.8, 4) is 5.75 Å². The molecule has 4 rings (SSSR count). The van der Waals surface area contributed by atoms with Crippen LogP contribution in [0, 0.1) is 0 Å². The SMILES string of the molecule is COc1cccc(C(=O)Nc2cc(C(=O)NCc3cccc(CN)c3)ccc2N2C(C)COCC2C)c1. The second-order valence-electron chi connectivity index (χ2n) is 9.27. The molecule has 2 unspecified atom stereocenters. The number of morpholine rings is 1. The van der Waals surface area contributed by atoms with Gasteiger partial charge < -0.3 is 30.7 Å². The van der Waals surface area contributed by atoms with Crippen LogP contribution in [0.1, 0.15) is 45.7 Å². The molecule has 8 heteroatoms. The van der Waals surface area contributed by atoms with Crippen LogP contribution in [-0.4, -0.2) is 44.2 Å². The molecule has 3 aromatic carbocycles. The Morgan fingerprint density at radius 2 is 1.65 bits per heavy atom. The van der Waals surface area contributed by atoms with E-state index in [2.05, 4.69) is 29.4 Å². The van der Waals surface area contributed by atoms with Crippen molar-refractivity contribution in [1.82, 2.24) is 5.32 Å². The minimum absolute atomic E-state index is 0.103. The average molecular weight is 503 g/mol. The molecule has 3 aromatic rings. The quantitative estimate of drug-likeness (QED) is 0.431. The monoisotopic (exact) mass is 502 g/mol. The summed E-state index contributed by atoms with van der Waals surface area (Å²) in [4.78, 5) is 28.5. The van der Waals surface area contributed by atoms with Crippen molar-refractivity contribution in [1.29, 1.82) is 0 Å². The van der Waals surface area contributed by atoms with Crippen LogP contribution in [0.15, 0.2) is 66.7 Å². The average Bonchev–Trinajstić information content (AvgIpc) is 2.92. The van der Waals surface area contributed by atoms with Gasteiger partial charge in [0.05, 0.1) is 31.7 Å². The summed E-state index contributed by atoms with van der Waals surface area (Å²) in [6.45, 7) is 6.14. The number of nitrogens with one attached hydrogen (secondary N) is 2. The lowest BCUT2D eigenvalue weighted by atomic mass is 10.1. The first-order chi connectivity index (χ1) is 17.9. The Bertz CT molecular complexity index is 1250. The Hall–Kier alpha value is -3.88. The minimum atomic E-state index is -0.287. The van der Waals surface area contributed by atoms with Crippen molar-refractivity contribution < 1.29 is 19.1 Å². The number of methoxy groups -OCH3 is 1. The maximum Gasteiger partial charge on any atom is 0.255 e. The van der Waals surface area contributed by atoms with Crippen LogP contribution in [0.2, 0.25) is 0 Å². The first-order valence-electron chi connectivity index (χ1n) is 12.4. The number of carbonyl (C=O) groups is 2. The van der Waals surface area contributed by atoms with E-state index in [9.17, 15) is 9.59 Å². The Morgan fingerprint density at radius 3 is 2.38 bits per heavy atom. The van der Waals surface area contributed by atoms with Crippen LogP contribution in [0.4, 0.5) is 11.4 Å². The minimum Gasteiger partial charge on any atom is -0.497 e. The summed E-state index contributed by atoms with van der Waals surface area (Å²) in [6, 6.07) is 20.4. The molecule has 0 radical (unpaired) electrons. The van der Waals surface area contributed by atoms with E-state index < -0.39 is 0 Å². The van der Waals surface area contributed by atoms with Gasteiger partial charge in [-0.25, -0.2) is 0 Å². The second kappa shape index (κ2) is 11.9. The van der Waals surface area contributed by atoms with Crippen LogP contribution in [0.25, 0.3) is 0 Å². The van der Waals surface area contributed by atoms with Crippen LogP contribution in [0.5, 0.6) is 5.75 Å². The number of hydrogen-bond acceptors (Lipinski definition) is 6. The molecule has 1 aliphatic heterocycles. The second-order valence-corrected chi connectivity index (χ2v) is 9.27. The summed E-state index contributed by atoms with van der Waals surface area (Å²) in [5, 5.41) is 6.00. The van der Waals surface area contributed by atoms with Crippen molar-refractivity contribution >= 4 is 23.2 Å². The largest absolute Gasteiger partial charge is 0.497 e. The third-order valence-corrected chi connectivity index (χ3v) is 6.47. The van der Waals surface area contributed by atoms with Gasteiger partial charge in [-0.2, -0.15) is 0 Å². The van der Waals surface area contributed by atoms with Gasteiger partial charge in [0.2, 0.25) is 0 Å². The van der Waals surface area contributed by atoms with E-state index in [4.69, 9.17) is 15.2 Å². The molecule has 194 valence electrons. The van der Waals surface area contributed by atoms with E-state index in [1.807, 2.05) is 30.3 Å². The topological polar surface area (TPSA) is 106 Å². The molecular weight excluding hydrogens is 468 g/mol. The maximum absolute atomic E-state index is 13.2. The van der Waals surface area contributed by atoms with Gasteiger partial charge in [0.25, 0.3) is 11.8 Å². The van der Waals surface area contributed by atoms with Crippen molar-refractivity contribution in [3.63, 3.8) is 0 Å². The van der Waals surface area contributed by atoms with E-state index in [-0.39, 0.29) is 23.9 Å². The zero-order valence-electron chi connectivity index (χ0n) is 21.5. The number of rotatable bonds is 8. The van der Waals surface area contributed by atoms with E-state index in [1.165, 1.54) is 0 Å². The normalized spacial score (nSPS) is 17.2. The van der Waals surface area contributed by atoms with Gasteiger partial charge in [-0.3, -0.25) is 9.59 Å². The molecular formula is C29H34N4O4. The highest BCUT2D eigenvalue weighted by molar-refractivity contribution is 6.07. The standard InChI is InChI=1S/C29H34N4O4/c1-19-17-37-18-20(2)33(19)27-11-10-24(28(34)31-16-22-7-4-6-21(12-22)15-30)14-26(27)32-29(35)23-8-5-9-25(13-23)36-3/h4-14,19-20H,15-18,30H2,1-3H3,(H,31,34)(H,32,35). The fourth-order valence-corrected chi connectivity index (χ4v) is 4.59. The van der Waals surface area contributed by atoms with Crippen LogP contribution in [-0.2, 0) is 17.8 Å². The van der Waals surface area contributed by atoms with Gasteiger partial charge in [-0.05, 0) is 61.4 Å². The molecule has 37 heavy (non-hydrogen) atoms. The molecule has 4 N–H and O–H groups in total. The molecule has 8 nitrogen and oxygen atoms in total. The lowest BCUT2D eigenvalue weighted by Crippen LogP contribution is -2.50. The van der Waals surface area contributed by atoms with E-state index >= 15 is 0 Å². The number of ether oxygens (including phenoxy) is 2. The highest BCUT2D eigenvalue weighted by Crippen LogP contribution is 2.33. The molecule has 0 saturated carbocycles. The van der Waals surface area contributed by atoms with E-state index in [1.54, 1.807) is 43.5 Å². The third-order valence-electron chi connectivity index (χ3n) is 6.47. The predicted octanol–water partition coefficient (Wildman–Crippen LogP) is 3.95. The highest BCUT2D eigenvalue weighted by atomic mass is 16.5. The molecule has 0 aromatic heterocycles. The van der Waals surface area contributed by atoms with Crippen molar-refractivity contribution in [2.24, 2.45) is 5.73 Å². The number of amides is 2. The zero-order valence-corrected chi connectivity index (χ0v) is 21.5. The molecule has 1 heterocycles. The number of anilines is 2. The number of benzene rings is 3. The number of nitrogens with zero attached hydrogens (tertiary/aromatic N) is 1. The molecule has 0 bridgehead atoms. The summed E-state index contributed by atoms with van der Waals surface area (Å²) in [5.74, 6) is 0.0738. The summed E-state index contributed by atoms with van der Waals surface area (Å²) >= 11 is 0. The van der Waals surface area contributed by atoms with Crippen LogP contribution >= 0.6 is 0 Å². The summed E-state index contributed by atoms with van der Waals surface area (Å²) in [7, 11) is 1.56. The smallest absolute Gasteiger partial charge is 0.255 e. The van der Waals surface area contributed by atoms with E-state index in [0.717, 1.165) is 16.8 Å². The van der Waals surface area contributed by atoms with Gasteiger partial charge in [-0.15, -0.1) is 0 Å². The number of hydrogen-bond donors (Lipinski definition) is 3. The molecule has 0 spiro atoms. The van der Waals surface area contributed by atoms with Crippen LogP contribution in [0.3, 0.4) is 0 Å². The zero-order chi connectivity index (χ0) is 26.4. The Balaban J connectivity index is 1.61. The van der Waals surface area contributed by atoms with E-state index in [0.29, 0.717) is 48.9 Å². The van der Waals surface area contributed by atoms with Crippen LogP contribution < -0.4 is 26.0 Å². The summed E-state index contributed by atoms with van der Waals surface area (Å²) in [5.41, 5.74) is 10.0. The predicted molar refractivity (Wildman–Crippen MR) is 145 cm³/mol. The van der Waals surface area contributed by atoms with Gasteiger partial charge in [0.1, 0.15) is 5.75 Å². The maximum atomic E-state index is 13.2. The highest BCUT2D eigenvalue weighted by Gasteiger charge is 2.28. The first kappa shape index (κ1) is 26.2. The van der Waals surface area contributed by atoms with Gasteiger partial charge in [0.15, 0.2) is 0 Å². The molecule has 2 atom stereocenters. The molecule has 2 amide bonds. The molecule has 1 aliphatic rings. The molecule has 1 fully saturated rings. The molecule has 1 saturated heterocycles. The lowest BCUT2D eigenvalue weighted by molar-refractivity contribution is 0.0757. The van der Waals surface area contributed by atoms with Crippen molar-refractivity contribution in [3.05, 3.63) is 89.0 Å². The van der Waals surface area contributed by atoms with Crippen molar-refractivity contribution in [2.75, 3.05) is 30.5 Å². The fourth-order valence-electron chi connectivity index (χ4n) is 4.59. The van der Waals surface area contributed by atoms with Crippen molar-refractivity contribution in [2.45, 2.75) is 39.0 Å². The number of carbonyl (C=O) groups excluding carboxylic acids is 2. The Morgan fingerprint density at radius 1 is 0.946 bits per heavy atom. The Kier molecular flexibility index (Phi) is 8.43. The van der Waals surface area contributed by atoms with Gasteiger partial charge in [-0.1, -0.05) is 30.3 Å². The van der Waals surface area contributed by atoms with Gasteiger partial charge >= 0.3 is 0 Å². The summed E-state index contributed by atoms with van der Waals surface area (Å²) in [6.07, 6.45) is 0. The number of nitrogens with two attached hydrogens (primary N) is 1. The van der Waals surface area contributed by atoms with Gasteiger partial charge in [0, 0.05) is 36.3 Å². The summed E-state index contributed by atoms with van der Waals surface area (Å²) < 4.78 is 11.0. The first-order valence-corrected chi connectivity index (χ1v) is 12.4. The fraction of sp³-hybridized carbons (Fsp3) is 0.310. The Labute approximate surface area is 217 Å².